The van der Waals surface area contributed by atoms with Gasteiger partial charge in [0.25, 0.3) is 10.2 Å². The average Bonchev–Trinajstić information content (AvgIpc) is 2.81. The molecule has 0 saturated carbocycles. The zero-order valence-corrected chi connectivity index (χ0v) is 12.3. The number of nitrogens with zero attached hydrogens (tertiary/aromatic N) is 4. The maximum absolute atomic E-state index is 12.2. The summed E-state index contributed by atoms with van der Waals surface area (Å²) in [5, 5.41) is 8.76. The maximum Gasteiger partial charge on any atom is 0.274 e. The molecule has 1 atom stereocenters. The predicted octanol–water partition coefficient (Wildman–Crippen LogP) is -2.11. The van der Waals surface area contributed by atoms with Crippen LogP contribution in [0.25, 0.3) is 0 Å². The van der Waals surface area contributed by atoms with Gasteiger partial charge in [-0.3, -0.25) is 4.79 Å². The SMILES string of the molecule is Nc1ncn(CC(=O)N2CCCC(CNS(N)(=O)=O)C2)n1. The molecule has 0 radical (unpaired) electrons. The summed E-state index contributed by atoms with van der Waals surface area (Å²) in [5.74, 6) is 0.0821. The van der Waals surface area contributed by atoms with Crippen LogP contribution in [0.1, 0.15) is 12.8 Å². The van der Waals surface area contributed by atoms with Crippen LogP contribution in [0.5, 0.6) is 0 Å². The topological polar surface area (TPSA) is 149 Å². The molecule has 0 aromatic carbocycles. The second-order valence-corrected chi connectivity index (χ2v) is 6.42. The Morgan fingerprint density at radius 3 is 2.90 bits per heavy atom. The molecule has 2 rings (SSSR count). The van der Waals surface area contributed by atoms with E-state index in [1.807, 2.05) is 0 Å². The number of hydrogen-bond acceptors (Lipinski definition) is 6. The van der Waals surface area contributed by atoms with Gasteiger partial charge in [0.2, 0.25) is 11.9 Å². The molecular formula is C10H19N7O3S. The number of nitrogens with one attached hydrogen (secondary N) is 1. The number of aromatic nitrogens is 3. The van der Waals surface area contributed by atoms with Crippen LogP contribution in [0.3, 0.4) is 0 Å². The van der Waals surface area contributed by atoms with Crippen molar-refractivity contribution in [3.05, 3.63) is 6.33 Å². The summed E-state index contributed by atoms with van der Waals surface area (Å²) in [5.41, 5.74) is 5.39. The number of rotatable bonds is 5. The van der Waals surface area contributed by atoms with Crippen molar-refractivity contribution in [1.29, 1.82) is 0 Å². The molecule has 0 aliphatic carbocycles. The van der Waals surface area contributed by atoms with Crippen molar-refractivity contribution in [3.63, 3.8) is 0 Å². The van der Waals surface area contributed by atoms with Gasteiger partial charge < -0.3 is 10.6 Å². The summed E-state index contributed by atoms with van der Waals surface area (Å²) in [6.07, 6.45) is 3.07. The molecule has 11 heteroatoms. The Morgan fingerprint density at radius 1 is 1.52 bits per heavy atom. The van der Waals surface area contributed by atoms with Crippen molar-refractivity contribution in [2.24, 2.45) is 11.1 Å². The highest BCUT2D eigenvalue weighted by Gasteiger charge is 2.24. The Kier molecular flexibility index (Phi) is 4.75. The van der Waals surface area contributed by atoms with Crippen LogP contribution in [-0.4, -0.2) is 53.6 Å². The number of nitrogen functional groups attached to an aromatic ring is 1. The van der Waals surface area contributed by atoms with Gasteiger partial charge >= 0.3 is 0 Å². The van der Waals surface area contributed by atoms with E-state index in [0.717, 1.165) is 12.8 Å². The summed E-state index contributed by atoms with van der Waals surface area (Å²) < 4.78 is 25.4. The molecule has 21 heavy (non-hydrogen) atoms. The number of carbonyl (C=O) groups excluding carboxylic acids is 1. The molecular weight excluding hydrogens is 298 g/mol. The Labute approximate surface area is 122 Å². The van der Waals surface area contributed by atoms with Crippen LogP contribution in [-0.2, 0) is 21.5 Å². The van der Waals surface area contributed by atoms with Crippen molar-refractivity contribution in [1.82, 2.24) is 24.4 Å². The molecule has 0 spiro atoms. The second-order valence-electron chi connectivity index (χ2n) is 5.04. The second kappa shape index (κ2) is 6.37. The van der Waals surface area contributed by atoms with Crippen LogP contribution in [0.15, 0.2) is 6.33 Å². The third-order valence-corrected chi connectivity index (χ3v) is 3.87. The molecule has 1 aromatic rings. The number of anilines is 1. The van der Waals surface area contributed by atoms with Crippen LogP contribution in [0.4, 0.5) is 5.95 Å². The normalized spacial score (nSPS) is 19.7. The smallest absolute Gasteiger partial charge is 0.274 e. The molecule has 1 aliphatic heterocycles. The highest BCUT2D eigenvalue weighted by Crippen LogP contribution is 2.16. The van der Waals surface area contributed by atoms with Gasteiger partial charge in [0.15, 0.2) is 0 Å². The number of piperidine rings is 1. The maximum atomic E-state index is 12.2. The minimum atomic E-state index is -3.70. The van der Waals surface area contributed by atoms with Crippen molar-refractivity contribution in [3.8, 4) is 0 Å². The Bertz CT molecular complexity index is 600. The Morgan fingerprint density at radius 2 is 2.29 bits per heavy atom. The summed E-state index contributed by atoms with van der Waals surface area (Å²) in [6, 6.07) is 0. The van der Waals surface area contributed by atoms with Gasteiger partial charge in [0, 0.05) is 19.6 Å². The number of hydrogen-bond donors (Lipinski definition) is 3. The van der Waals surface area contributed by atoms with Gasteiger partial charge in [0.1, 0.15) is 12.9 Å². The van der Waals surface area contributed by atoms with Gasteiger partial charge in [-0.05, 0) is 18.8 Å². The first-order chi connectivity index (χ1) is 9.83. The van der Waals surface area contributed by atoms with E-state index in [2.05, 4.69) is 14.8 Å². The number of likely N-dealkylation sites (tertiary alicyclic amines) is 1. The van der Waals surface area contributed by atoms with Gasteiger partial charge in [-0.2, -0.15) is 8.42 Å². The Hall–Kier alpha value is -1.72. The van der Waals surface area contributed by atoms with E-state index in [9.17, 15) is 13.2 Å². The van der Waals surface area contributed by atoms with E-state index in [1.165, 1.54) is 11.0 Å². The predicted molar refractivity (Wildman–Crippen MR) is 74.8 cm³/mol. The molecule has 1 fully saturated rings. The minimum Gasteiger partial charge on any atom is -0.367 e. The summed E-state index contributed by atoms with van der Waals surface area (Å²) in [6.45, 7) is 1.44. The van der Waals surface area contributed by atoms with Crippen LogP contribution in [0, 0.1) is 5.92 Å². The van der Waals surface area contributed by atoms with Gasteiger partial charge in [-0.15, -0.1) is 5.10 Å². The van der Waals surface area contributed by atoms with Crippen molar-refractivity contribution in [2.75, 3.05) is 25.4 Å². The number of carbonyl (C=O) groups is 1. The molecule has 5 N–H and O–H groups in total. The molecule has 118 valence electrons. The fourth-order valence-corrected chi connectivity index (χ4v) is 2.78. The van der Waals surface area contributed by atoms with Crippen molar-refractivity contribution in [2.45, 2.75) is 19.4 Å². The summed E-state index contributed by atoms with van der Waals surface area (Å²) in [7, 11) is -3.70. The van der Waals surface area contributed by atoms with Crippen molar-refractivity contribution >= 4 is 22.1 Å². The molecule has 1 unspecified atom stereocenters. The lowest BCUT2D eigenvalue weighted by Crippen LogP contribution is -2.45. The zero-order chi connectivity index (χ0) is 15.5. The van der Waals surface area contributed by atoms with E-state index < -0.39 is 10.2 Å². The molecule has 1 saturated heterocycles. The van der Waals surface area contributed by atoms with Crippen molar-refractivity contribution < 1.29 is 13.2 Å². The fourth-order valence-electron chi connectivity index (χ4n) is 2.32. The molecule has 1 aromatic heterocycles. The molecule has 2 heterocycles. The quantitative estimate of drug-likeness (QED) is 0.566. The van der Waals surface area contributed by atoms with Gasteiger partial charge in [0.05, 0.1) is 0 Å². The minimum absolute atomic E-state index is 0.0573. The monoisotopic (exact) mass is 317 g/mol. The molecule has 0 bridgehead atoms. The van der Waals surface area contributed by atoms with E-state index in [0.29, 0.717) is 13.1 Å². The van der Waals surface area contributed by atoms with Crippen LogP contribution in [0.2, 0.25) is 0 Å². The fraction of sp³-hybridized carbons (Fsp3) is 0.700. The lowest BCUT2D eigenvalue weighted by Gasteiger charge is -2.32. The van der Waals surface area contributed by atoms with E-state index in [-0.39, 0.29) is 30.9 Å². The van der Waals surface area contributed by atoms with Crippen LogP contribution >= 0.6 is 0 Å². The first-order valence-corrected chi connectivity index (χ1v) is 8.08. The first kappa shape index (κ1) is 15.7. The third kappa shape index (κ3) is 4.95. The van der Waals surface area contributed by atoms with E-state index in [4.69, 9.17) is 10.9 Å². The van der Waals surface area contributed by atoms with E-state index in [1.54, 1.807) is 4.90 Å². The summed E-state index contributed by atoms with van der Waals surface area (Å²) >= 11 is 0. The summed E-state index contributed by atoms with van der Waals surface area (Å²) in [4.78, 5) is 17.6. The van der Waals surface area contributed by atoms with Gasteiger partial charge in [-0.25, -0.2) is 19.5 Å². The lowest BCUT2D eigenvalue weighted by molar-refractivity contribution is -0.133. The highest BCUT2D eigenvalue weighted by molar-refractivity contribution is 7.87. The molecule has 10 nitrogen and oxygen atoms in total. The average molecular weight is 317 g/mol. The zero-order valence-electron chi connectivity index (χ0n) is 11.5. The number of amides is 1. The number of nitrogens with two attached hydrogens (primary N) is 2. The Balaban J connectivity index is 1.86. The lowest BCUT2D eigenvalue weighted by atomic mass is 9.98. The third-order valence-electron chi connectivity index (χ3n) is 3.30. The standard InChI is InChI=1S/C10H19N7O3S/c11-10-13-7-17(15-10)6-9(18)16-3-1-2-8(5-16)4-14-21(12,19)20/h7-8,14H,1-6H2,(H2,11,15)(H2,12,19,20). The first-order valence-electron chi connectivity index (χ1n) is 6.53. The largest absolute Gasteiger partial charge is 0.367 e. The van der Waals surface area contributed by atoms with Crippen LogP contribution < -0.4 is 15.6 Å². The highest BCUT2D eigenvalue weighted by atomic mass is 32.2. The molecule has 1 amide bonds. The van der Waals surface area contributed by atoms with E-state index >= 15 is 0 Å². The molecule has 1 aliphatic rings. The van der Waals surface area contributed by atoms with Gasteiger partial charge in [-0.1, -0.05) is 0 Å².